The molecule has 3 N–H and O–H groups in total. The molecular formula is C22H19ClF5N3O2. The van der Waals surface area contributed by atoms with Crippen molar-refractivity contribution in [3.8, 4) is 5.75 Å². The van der Waals surface area contributed by atoms with Crippen LogP contribution in [-0.2, 0) is 0 Å². The molecule has 1 aliphatic carbocycles. The van der Waals surface area contributed by atoms with E-state index in [4.69, 9.17) is 11.6 Å². The average Bonchev–Trinajstić information content (AvgIpc) is 2.72. The Morgan fingerprint density at radius 3 is 2.58 bits per heavy atom. The highest BCUT2D eigenvalue weighted by Crippen LogP contribution is 2.56. The van der Waals surface area contributed by atoms with E-state index < -0.39 is 52.6 Å². The molecule has 2 aromatic carbocycles. The first-order valence-corrected chi connectivity index (χ1v) is 10.4. The molecule has 3 aromatic rings. The van der Waals surface area contributed by atoms with Gasteiger partial charge in [-0.2, -0.15) is 13.2 Å². The van der Waals surface area contributed by atoms with Crippen LogP contribution in [0.5, 0.6) is 5.75 Å². The summed E-state index contributed by atoms with van der Waals surface area (Å²) in [5, 5.41) is 23.6. The summed E-state index contributed by atoms with van der Waals surface area (Å²) in [4.78, 5) is 8.11. The standard InChI is InChI=1S/C22H19ClF5N3O2/c1-3-10-7-21(33,22(26,27)28)20(12-6-14(23)18(25)19(32)17(10)12)31-16-5-11(24)4-15-13(16)8-29-9(2)30-15/h4-6,8,10,20,31-33H,3,7H2,1-2H3. The van der Waals surface area contributed by atoms with Crippen molar-refractivity contribution in [3.63, 3.8) is 0 Å². The minimum absolute atomic E-state index is 0.0846. The average molecular weight is 488 g/mol. The van der Waals surface area contributed by atoms with Crippen molar-refractivity contribution in [2.45, 2.75) is 50.4 Å². The molecule has 5 nitrogen and oxygen atoms in total. The first-order chi connectivity index (χ1) is 15.4. The third kappa shape index (κ3) is 3.74. The quantitative estimate of drug-likeness (QED) is 0.400. The van der Waals surface area contributed by atoms with Gasteiger partial charge in [-0.25, -0.2) is 18.7 Å². The first-order valence-electron chi connectivity index (χ1n) is 10.1. The molecule has 1 aliphatic rings. The Bertz CT molecular complexity index is 1250. The van der Waals surface area contributed by atoms with E-state index in [1.165, 1.54) is 6.20 Å². The summed E-state index contributed by atoms with van der Waals surface area (Å²) in [6, 6.07) is 1.06. The number of hydrogen-bond donors (Lipinski definition) is 3. The molecule has 0 saturated heterocycles. The van der Waals surface area contributed by atoms with Crippen LogP contribution in [0.1, 0.15) is 48.7 Å². The number of phenols is 1. The van der Waals surface area contributed by atoms with Crippen molar-refractivity contribution in [3.05, 3.63) is 58.0 Å². The topological polar surface area (TPSA) is 78.3 Å². The van der Waals surface area contributed by atoms with Crippen molar-refractivity contribution >= 4 is 28.2 Å². The molecule has 1 heterocycles. The molecule has 11 heteroatoms. The van der Waals surface area contributed by atoms with Crippen molar-refractivity contribution in [2.75, 3.05) is 5.32 Å². The monoisotopic (exact) mass is 487 g/mol. The number of benzene rings is 2. The number of aliphatic hydroxyl groups is 1. The molecule has 1 aromatic heterocycles. The maximum absolute atomic E-state index is 14.4. The van der Waals surface area contributed by atoms with Crippen LogP contribution in [0.25, 0.3) is 10.9 Å². The molecule has 0 saturated carbocycles. The lowest BCUT2D eigenvalue weighted by Gasteiger charge is -2.46. The lowest BCUT2D eigenvalue weighted by atomic mass is 9.69. The molecule has 176 valence electrons. The highest BCUT2D eigenvalue weighted by Gasteiger charge is 2.62. The van der Waals surface area contributed by atoms with Crippen LogP contribution in [0.2, 0.25) is 5.02 Å². The number of anilines is 1. The van der Waals surface area contributed by atoms with Gasteiger partial charge in [-0.15, -0.1) is 0 Å². The van der Waals surface area contributed by atoms with Crippen LogP contribution in [-0.4, -0.2) is 32.0 Å². The second kappa shape index (κ2) is 7.95. The predicted octanol–water partition coefficient (Wildman–Crippen LogP) is 5.92. The van der Waals surface area contributed by atoms with Gasteiger partial charge in [-0.3, -0.25) is 0 Å². The highest BCUT2D eigenvalue weighted by atomic mass is 35.5. The third-order valence-electron chi connectivity index (χ3n) is 6.09. The summed E-state index contributed by atoms with van der Waals surface area (Å²) in [5.41, 5.74) is -3.62. The summed E-state index contributed by atoms with van der Waals surface area (Å²) < 4.78 is 71.4. The van der Waals surface area contributed by atoms with Crippen LogP contribution < -0.4 is 5.32 Å². The molecule has 4 rings (SSSR count). The highest BCUT2D eigenvalue weighted by molar-refractivity contribution is 6.31. The smallest absolute Gasteiger partial charge is 0.419 e. The Hall–Kier alpha value is -2.72. The molecule has 3 unspecified atom stereocenters. The number of aryl methyl sites for hydroxylation is 1. The zero-order valence-electron chi connectivity index (χ0n) is 17.4. The number of hydrogen-bond acceptors (Lipinski definition) is 5. The van der Waals surface area contributed by atoms with Crippen molar-refractivity contribution in [2.24, 2.45) is 0 Å². The summed E-state index contributed by atoms with van der Waals surface area (Å²) >= 11 is 5.85. The van der Waals surface area contributed by atoms with Gasteiger partial charge < -0.3 is 15.5 Å². The molecule has 33 heavy (non-hydrogen) atoms. The van der Waals surface area contributed by atoms with Crippen LogP contribution >= 0.6 is 11.6 Å². The van der Waals surface area contributed by atoms with E-state index in [9.17, 15) is 32.2 Å². The molecule has 0 bridgehead atoms. The molecule has 0 spiro atoms. The van der Waals surface area contributed by atoms with E-state index in [1.54, 1.807) is 13.8 Å². The number of nitrogens with zero attached hydrogens (tertiary/aromatic N) is 2. The fraction of sp³-hybridized carbons (Fsp3) is 0.364. The van der Waals surface area contributed by atoms with Gasteiger partial charge in [0.15, 0.2) is 17.2 Å². The van der Waals surface area contributed by atoms with Gasteiger partial charge in [0.1, 0.15) is 11.6 Å². The fourth-order valence-corrected chi connectivity index (χ4v) is 4.67. The van der Waals surface area contributed by atoms with E-state index in [0.29, 0.717) is 5.82 Å². The Morgan fingerprint density at radius 2 is 1.94 bits per heavy atom. The third-order valence-corrected chi connectivity index (χ3v) is 6.36. The van der Waals surface area contributed by atoms with Gasteiger partial charge in [0.25, 0.3) is 0 Å². The lowest BCUT2D eigenvalue weighted by molar-refractivity contribution is -0.272. The van der Waals surface area contributed by atoms with E-state index >= 15 is 0 Å². The normalized spacial score (nSPS) is 22.9. The van der Waals surface area contributed by atoms with Crippen molar-refractivity contribution < 1.29 is 32.2 Å². The number of fused-ring (bicyclic) bond motifs is 2. The van der Waals surface area contributed by atoms with Gasteiger partial charge in [0.05, 0.1) is 16.6 Å². The van der Waals surface area contributed by atoms with E-state index in [1.807, 2.05) is 0 Å². The molecule has 0 aliphatic heterocycles. The summed E-state index contributed by atoms with van der Waals surface area (Å²) in [5.74, 6) is -3.49. The minimum atomic E-state index is -5.12. The SMILES string of the molecule is CCC1CC(O)(C(F)(F)F)C(Nc2cc(F)cc3nc(C)ncc23)c2cc(Cl)c(F)c(O)c21. The van der Waals surface area contributed by atoms with Crippen LogP contribution in [0, 0.1) is 18.6 Å². The van der Waals surface area contributed by atoms with E-state index in [0.717, 1.165) is 18.2 Å². The van der Waals surface area contributed by atoms with Crippen molar-refractivity contribution in [1.29, 1.82) is 0 Å². The zero-order chi connectivity index (χ0) is 24.3. The number of aromatic hydroxyl groups is 1. The van der Waals surface area contributed by atoms with Gasteiger partial charge in [0.2, 0.25) is 0 Å². The number of alkyl halides is 3. The molecule has 0 fully saturated rings. The van der Waals surface area contributed by atoms with Crippen molar-refractivity contribution in [1.82, 2.24) is 9.97 Å². The maximum Gasteiger partial charge on any atom is 0.419 e. The second-order valence-electron chi connectivity index (χ2n) is 8.14. The van der Waals surface area contributed by atoms with E-state index in [2.05, 4.69) is 15.3 Å². The predicted molar refractivity (Wildman–Crippen MR) is 112 cm³/mol. The van der Waals surface area contributed by atoms with Gasteiger partial charge in [-0.05, 0) is 43.4 Å². The summed E-state index contributed by atoms with van der Waals surface area (Å²) in [7, 11) is 0. The lowest BCUT2D eigenvalue weighted by Crippen LogP contribution is -2.55. The summed E-state index contributed by atoms with van der Waals surface area (Å²) in [6.07, 6.45) is -4.57. The summed E-state index contributed by atoms with van der Waals surface area (Å²) in [6.45, 7) is 3.13. The first kappa shape index (κ1) is 23.4. The molecule has 0 radical (unpaired) electrons. The van der Waals surface area contributed by atoms with Gasteiger partial charge >= 0.3 is 6.18 Å². The van der Waals surface area contributed by atoms with Gasteiger partial charge in [0, 0.05) is 28.9 Å². The minimum Gasteiger partial charge on any atom is -0.505 e. The maximum atomic E-state index is 14.4. The molecule has 3 atom stereocenters. The number of phenolic OH excluding ortho intramolecular Hbond substituents is 1. The number of nitrogens with one attached hydrogen (secondary N) is 1. The van der Waals surface area contributed by atoms with Gasteiger partial charge in [-0.1, -0.05) is 18.5 Å². The Morgan fingerprint density at radius 1 is 1.24 bits per heavy atom. The Labute approximate surface area is 190 Å². The number of halogens is 6. The molecular weight excluding hydrogens is 469 g/mol. The Kier molecular flexibility index (Phi) is 5.65. The largest absolute Gasteiger partial charge is 0.505 e. The number of rotatable bonds is 3. The zero-order valence-corrected chi connectivity index (χ0v) is 18.2. The number of aromatic nitrogens is 2. The molecule has 0 amide bonds. The van der Waals surface area contributed by atoms with E-state index in [-0.39, 0.29) is 34.1 Å². The fourth-order valence-electron chi connectivity index (χ4n) is 4.46. The second-order valence-corrected chi connectivity index (χ2v) is 8.54. The van der Waals surface area contributed by atoms with Crippen LogP contribution in [0.3, 0.4) is 0 Å². The van der Waals surface area contributed by atoms with Crippen LogP contribution in [0.4, 0.5) is 27.6 Å². The Balaban J connectivity index is 1.98. The van der Waals surface area contributed by atoms with Crippen LogP contribution in [0.15, 0.2) is 24.4 Å².